The molecule has 138 valence electrons. The summed E-state index contributed by atoms with van der Waals surface area (Å²) in [7, 11) is 0. The molecule has 2 heterocycles. The van der Waals surface area contributed by atoms with Crippen molar-refractivity contribution in [3.05, 3.63) is 41.2 Å². The normalized spacial score (nSPS) is 19.3. The predicted octanol–water partition coefficient (Wildman–Crippen LogP) is 1.96. The largest absolute Gasteiger partial charge is 0.416 e. The zero-order chi connectivity index (χ0) is 19.1. The van der Waals surface area contributed by atoms with E-state index in [1.165, 1.54) is 17.1 Å². The van der Waals surface area contributed by atoms with E-state index in [-0.39, 0.29) is 18.1 Å². The molecule has 7 nitrogen and oxygen atoms in total. The first kappa shape index (κ1) is 17.8. The van der Waals surface area contributed by atoms with E-state index in [0.29, 0.717) is 5.82 Å². The van der Waals surface area contributed by atoms with Crippen LogP contribution in [0.3, 0.4) is 0 Å². The van der Waals surface area contributed by atoms with Crippen LogP contribution in [-0.4, -0.2) is 28.8 Å². The molecule has 10 heteroatoms. The molecule has 0 saturated carbocycles. The molecule has 0 bridgehead atoms. The van der Waals surface area contributed by atoms with E-state index in [1.807, 2.05) is 13.8 Å². The third-order valence-electron chi connectivity index (χ3n) is 3.85. The molecule has 2 aliphatic heterocycles. The molecule has 0 spiro atoms. The molecule has 1 aromatic rings. The number of nitrogens with zero attached hydrogens (tertiary/aromatic N) is 2. The van der Waals surface area contributed by atoms with E-state index in [1.54, 1.807) is 0 Å². The second-order valence-corrected chi connectivity index (χ2v) is 6.10. The topological polar surface area (TPSA) is 85.8 Å². The number of benzene rings is 1. The summed E-state index contributed by atoms with van der Waals surface area (Å²) >= 11 is 0. The van der Waals surface area contributed by atoms with E-state index in [0.717, 1.165) is 17.7 Å². The van der Waals surface area contributed by atoms with Crippen molar-refractivity contribution in [2.75, 3.05) is 5.32 Å². The first-order valence-corrected chi connectivity index (χ1v) is 7.75. The van der Waals surface area contributed by atoms with Crippen LogP contribution in [-0.2, 0) is 15.8 Å². The summed E-state index contributed by atoms with van der Waals surface area (Å²) in [6.45, 7) is 3.62. The van der Waals surface area contributed by atoms with Crippen LogP contribution in [0.15, 0.2) is 40.7 Å². The van der Waals surface area contributed by atoms with E-state index >= 15 is 0 Å². The van der Waals surface area contributed by atoms with Crippen LogP contribution in [0.25, 0.3) is 0 Å². The van der Waals surface area contributed by atoms with Crippen molar-refractivity contribution in [3.63, 3.8) is 0 Å². The maximum atomic E-state index is 12.8. The number of hydrazine groups is 1. The Labute approximate surface area is 146 Å². The summed E-state index contributed by atoms with van der Waals surface area (Å²) in [6.07, 6.45) is -4.67. The van der Waals surface area contributed by atoms with Gasteiger partial charge in [-0.1, -0.05) is 6.07 Å². The lowest BCUT2D eigenvalue weighted by Crippen LogP contribution is -2.61. The summed E-state index contributed by atoms with van der Waals surface area (Å²) in [4.78, 5) is 28.6. The molecular weight excluding hydrogens is 351 g/mol. The minimum absolute atomic E-state index is 0.00377. The molecule has 0 radical (unpaired) electrons. The molecule has 3 rings (SSSR count). The predicted molar refractivity (Wildman–Crippen MR) is 87.4 cm³/mol. The Morgan fingerprint density at radius 1 is 1.35 bits per heavy atom. The first-order chi connectivity index (χ1) is 12.1. The number of guanidine groups is 1. The van der Waals surface area contributed by atoms with Crippen LogP contribution in [0.2, 0.25) is 0 Å². The number of alkyl halides is 3. The minimum atomic E-state index is -4.51. The number of fused-ring (bicyclic) bond motifs is 1. The quantitative estimate of drug-likeness (QED) is 0.746. The van der Waals surface area contributed by atoms with Crippen LogP contribution in [0.5, 0.6) is 0 Å². The highest BCUT2D eigenvalue weighted by molar-refractivity contribution is 6.07. The maximum absolute atomic E-state index is 12.8. The number of hydrogen-bond acceptors (Lipinski definition) is 5. The summed E-state index contributed by atoms with van der Waals surface area (Å²) in [6, 6.07) is 3.36. The van der Waals surface area contributed by atoms with Gasteiger partial charge < -0.3 is 5.32 Å². The van der Waals surface area contributed by atoms with E-state index in [9.17, 15) is 22.8 Å². The lowest BCUT2D eigenvalue weighted by molar-refractivity contribution is -0.137. The third-order valence-corrected chi connectivity index (χ3v) is 3.85. The van der Waals surface area contributed by atoms with Gasteiger partial charge in [0.1, 0.15) is 11.9 Å². The van der Waals surface area contributed by atoms with Crippen LogP contribution >= 0.6 is 0 Å². The van der Waals surface area contributed by atoms with Gasteiger partial charge in [0, 0.05) is 5.69 Å². The van der Waals surface area contributed by atoms with Gasteiger partial charge >= 0.3 is 6.18 Å². The van der Waals surface area contributed by atoms with Crippen molar-refractivity contribution in [1.29, 1.82) is 0 Å². The Bertz CT molecular complexity index is 827. The molecule has 3 N–H and O–H groups in total. The molecule has 1 aromatic carbocycles. The fourth-order valence-electron chi connectivity index (χ4n) is 2.54. The van der Waals surface area contributed by atoms with Crippen molar-refractivity contribution < 1.29 is 22.8 Å². The van der Waals surface area contributed by atoms with Crippen LogP contribution in [0.4, 0.5) is 18.9 Å². The van der Waals surface area contributed by atoms with Gasteiger partial charge in [-0.3, -0.25) is 20.3 Å². The van der Waals surface area contributed by atoms with E-state index < -0.39 is 29.6 Å². The fourth-order valence-corrected chi connectivity index (χ4v) is 2.54. The number of halogens is 3. The second-order valence-electron chi connectivity index (χ2n) is 6.10. The van der Waals surface area contributed by atoms with Gasteiger partial charge in [0.15, 0.2) is 0 Å². The monoisotopic (exact) mass is 367 g/mol. The first-order valence-electron chi connectivity index (χ1n) is 7.75. The number of amides is 2. The third kappa shape index (κ3) is 3.48. The number of hydrogen-bond donors (Lipinski definition) is 3. The molecule has 0 unspecified atom stereocenters. The highest BCUT2D eigenvalue weighted by Crippen LogP contribution is 2.30. The Morgan fingerprint density at radius 3 is 2.73 bits per heavy atom. The molecule has 2 aliphatic rings. The van der Waals surface area contributed by atoms with Crippen molar-refractivity contribution in [2.45, 2.75) is 32.5 Å². The number of carbonyl (C=O) groups excluding carboxylic acids is 2. The Hall–Kier alpha value is -3.04. The highest BCUT2D eigenvalue weighted by atomic mass is 19.4. The van der Waals surface area contributed by atoms with Crippen LogP contribution in [0.1, 0.15) is 25.8 Å². The van der Waals surface area contributed by atoms with Gasteiger partial charge in [-0.15, -0.1) is 0 Å². The van der Waals surface area contributed by atoms with Crippen molar-refractivity contribution in [3.8, 4) is 0 Å². The Morgan fingerprint density at radius 2 is 2.08 bits per heavy atom. The summed E-state index contributed by atoms with van der Waals surface area (Å²) in [5.74, 6) is -0.337. The van der Waals surface area contributed by atoms with Gasteiger partial charge in [0.05, 0.1) is 12.0 Å². The molecule has 1 atom stereocenters. The highest BCUT2D eigenvalue weighted by Gasteiger charge is 2.40. The number of aliphatic imine (C=N–C) groups is 1. The molecule has 0 aromatic heterocycles. The number of carbonyl (C=O) groups is 2. The lowest BCUT2D eigenvalue weighted by atomic mass is 10.1. The summed E-state index contributed by atoms with van der Waals surface area (Å²) < 4.78 is 38.4. The number of rotatable bonds is 2. The molecule has 26 heavy (non-hydrogen) atoms. The van der Waals surface area contributed by atoms with Gasteiger partial charge in [0.2, 0.25) is 17.8 Å². The SMILES string of the molecule is CC(C)=C1N=C2NC(=O)C[C@@H](C(=O)Nc3cccc(C(F)(F)F)c3)N2N1. The average molecular weight is 367 g/mol. The van der Waals surface area contributed by atoms with Gasteiger partial charge in [-0.05, 0) is 37.6 Å². The maximum Gasteiger partial charge on any atom is 0.416 e. The molecule has 2 amide bonds. The smallest absolute Gasteiger partial charge is 0.324 e. The van der Waals surface area contributed by atoms with Crippen molar-refractivity contribution in [2.24, 2.45) is 4.99 Å². The fraction of sp³-hybridized carbons (Fsp3) is 0.312. The second kappa shape index (κ2) is 6.36. The number of anilines is 1. The summed E-state index contributed by atoms with van der Waals surface area (Å²) in [5, 5.41) is 6.38. The van der Waals surface area contributed by atoms with E-state index in [2.05, 4.69) is 21.1 Å². The Kier molecular flexibility index (Phi) is 4.34. The molecule has 1 fully saturated rings. The van der Waals surface area contributed by atoms with Crippen LogP contribution < -0.4 is 16.1 Å². The minimum Gasteiger partial charge on any atom is -0.324 e. The van der Waals surface area contributed by atoms with Gasteiger partial charge in [-0.2, -0.15) is 18.2 Å². The van der Waals surface area contributed by atoms with Gasteiger partial charge in [0.25, 0.3) is 0 Å². The van der Waals surface area contributed by atoms with Crippen molar-refractivity contribution in [1.82, 2.24) is 15.8 Å². The molecule has 0 aliphatic carbocycles. The van der Waals surface area contributed by atoms with Crippen molar-refractivity contribution >= 4 is 23.5 Å². The number of nitrogens with one attached hydrogen (secondary N) is 3. The average Bonchev–Trinajstić information content (AvgIpc) is 2.97. The standard InChI is InChI=1S/C16H16F3N5O2/c1-8(2)13-22-15-21-12(25)7-11(24(15)23-13)14(26)20-10-5-3-4-9(6-10)16(17,18)19/h3-6,11,23H,7H2,1-2H3,(H,20,26)(H,21,22,25)/t11-/m0/s1. The molecule has 1 saturated heterocycles. The molecular formula is C16H16F3N5O2. The van der Waals surface area contributed by atoms with E-state index in [4.69, 9.17) is 0 Å². The number of allylic oxidation sites excluding steroid dienone is 1. The lowest BCUT2D eigenvalue weighted by Gasteiger charge is -2.32. The summed E-state index contributed by atoms with van der Waals surface area (Å²) in [5.41, 5.74) is 2.89. The Balaban J connectivity index is 1.81. The van der Waals surface area contributed by atoms with Gasteiger partial charge in [-0.25, -0.2) is 5.01 Å². The zero-order valence-corrected chi connectivity index (χ0v) is 13.9. The zero-order valence-electron chi connectivity index (χ0n) is 13.9. The van der Waals surface area contributed by atoms with Crippen LogP contribution in [0, 0.1) is 0 Å².